The number of likely N-dealkylation sites (N-methyl/N-ethyl adjacent to an activating group) is 1. The van der Waals surface area contributed by atoms with E-state index in [2.05, 4.69) is 5.32 Å². The molecule has 0 saturated carbocycles. The Labute approximate surface area is 327 Å². The van der Waals surface area contributed by atoms with Crippen molar-refractivity contribution in [3.05, 3.63) is 173 Å². The van der Waals surface area contributed by atoms with Crippen molar-refractivity contribution in [1.29, 1.82) is 0 Å². The minimum atomic E-state index is -1.80. The van der Waals surface area contributed by atoms with Gasteiger partial charge in [-0.1, -0.05) is 72.8 Å². The summed E-state index contributed by atoms with van der Waals surface area (Å²) in [5.41, 5.74) is 0.517. The number of nitrogens with zero attached hydrogens (tertiary/aromatic N) is 1. The fraction of sp³-hybridized carbons (Fsp3) is 0.239. The van der Waals surface area contributed by atoms with E-state index in [1.54, 1.807) is 26.4 Å². The summed E-state index contributed by atoms with van der Waals surface area (Å²) in [6.45, 7) is -0.0313. The minimum Gasteiger partial charge on any atom is -0.497 e. The van der Waals surface area contributed by atoms with E-state index < -0.39 is 22.6 Å². The van der Waals surface area contributed by atoms with Crippen LogP contribution in [0.1, 0.15) is 22.3 Å². The van der Waals surface area contributed by atoms with Crippen LogP contribution in [-0.4, -0.2) is 72.4 Å². The third kappa shape index (κ3) is 5.97. The third-order valence-electron chi connectivity index (χ3n) is 11.2. The van der Waals surface area contributed by atoms with Gasteiger partial charge in [-0.15, -0.1) is 0 Å². The summed E-state index contributed by atoms with van der Waals surface area (Å²) in [4.78, 5) is 14.5. The van der Waals surface area contributed by atoms with Gasteiger partial charge in [0.2, 0.25) is 5.79 Å². The number of para-hydroxylation sites is 2. The number of hydrogen-bond acceptors (Lipinski definition) is 8. The molecule has 1 atom stereocenters. The molecule has 1 saturated heterocycles. The predicted octanol–water partition coefficient (Wildman–Crippen LogP) is 7.89. The van der Waals surface area contributed by atoms with Crippen LogP contribution < -0.4 is 24.3 Å². The van der Waals surface area contributed by atoms with Crippen LogP contribution in [0.2, 0.25) is 0 Å². The molecule has 1 aliphatic heterocycles. The van der Waals surface area contributed by atoms with Gasteiger partial charge in [0, 0.05) is 31.4 Å². The van der Waals surface area contributed by atoms with Crippen molar-refractivity contribution in [3.8, 4) is 28.7 Å². The first kappa shape index (κ1) is 38.5. The zero-order valence-corrected chi connectivity index (χ0v) is 32.6. The molecule has 1 amide bonds. The largest absolute Gasteiger partial charge is 0.497 e. The number of quaternary nitrogens is 1. The second-order valence-corrected chi connectivity index (χ2v) is 14.1. The number of halogens is 1. The topological polar surface area (TPSA) is 84.5 Å². The van der Waals surface area contributed by atoms with Gasteiger partial charge in [0.05, 0.1) is 41.0 Å². The minimum absolute atomic E-state index is 0.0313. The first-order valence-corrected chi connectivity index (χ1v) is 18.2. The highest BCUT2D eigenvalue weighted by Gasteiger charge is 2.64. The van der Waals surface area contributed by atoms with Gasteiger partial charge in [-0.25, -0.2) is 13.7 Å². The highest BCUT2D eigenvalue weighted by atomic mass is 19.1. The molecular formula is C46H46FN2O7+. The summed E-state index contributed by atoms with van der Waals surface area (Å²) in [5, 5.41) is 3.72. The number of rotatable bonds is 11. The number of carbonyl (C=O) groups excluding carboxylic acids is 1. The third-order valence-corrected chi connectivity index (χ3v) is 11.2. The average Bonchev–Trinajstić information content (AvgIpc) is 3.31. The van der Waals surface area contributed by atoms with Crippen LogP contribution in [0.25, 0.3) is 0 Å². The van der Waals surface area contributed by atoms with Crippen LogP contribution in [0.3, 0.4) is 0 Å². The van der Waals surface area contributed by atoms with Gasteiger partial charge < -0.3 is 28.4 Å². The van der Waals surface area contributed by atoms with Gasteiger partial charge in [0.1, 0.15) is 57.8 Å². The van der Waals surface area contributed by atoms with E-state index in [-0.39, 0.29) is 28.2 Å². The number of hydrogen-bond donors (Lipinski definition) is 1. The number of ether oxygens (including phenoxy) is 6. The van der Waals surface area contributed by atoms with Gasteiger partial charge in [-0.05, 0) is 65.7 Å². The molecule has 10 heteroatoms. The second-order valence-electron chi connectivity index (χ2n) is 14.1. The van der Waals surface area contributed by atoms with E-state index in [4.69, 9.17) is 28.4 Å². The van der Waals surface area contributed by atoms with E-state index in [0.717, 1.165) is 11.1 Å². The standard InChI is InChI=1S/C46H46FN2O7/c1-49(2)39-29-45(54-6,55-7)44(43-38(47)17-13-19-41(43)53-5,36-16-11-12-18-40(36)56-35-14-9-8-10-15-35)28-37(39)46(48-30-42(49)50,31-20-24-33(51-3)25-21-31)32-22-26-34(52-4)27-23-32/h8-29,48H,30H2,1-7H3/q+1. The Morgan fingerprint density at radius 2 is 1.20 bits per heavy atom. The number of methoxy groups -OCH3 is 5. The Kier molecular flexibility index (Phi) is 10.3. The van der Waals surface area contributed by atoms with Crippen LogP contribution in [0, 0.1) is 5.82 Å². The van der Waals surface area contributed by atoms with E-state index in [9.17, 15) is 4.79 Å². The molecule has 0 bridgehead atoms. The molecule has 1 unspecified atom stereocenters. The second kappa shape index (κ2) is 15.0. The quantitative estimate of drug-likeness (QED) is 0.108. The van der Waals surface area contributed by atoms with Crippen molar-refractivity contribution in [3.63, 3.8) is 0 Å². The average molecular weight is 758 g/mol. The number of nitrogens with one attached hydrogen (secondary N) is 1. The van der Waals surface area contributed by atoms with Gasteiger partial charge in [0.15, 0.2) is 0 Å². The SMILES string of the molecule is COc1ccc(C2(c3ccc(OC)cc3)NCC(=O)[N+](C)(C)C3=CC(OC)(OC)C(c4ccccc4Oc4ccccc4)(c4c(F)cccc4OC)C=C32)cc1. The summed E-state index contributed by atoms with van der Waals surface area (Å²) in [7, 11) is 11.4. The molecule has 0 radical (unpaired) electrons. The Morgan fingerprint density at radius 1 is 0.625 bits per heavy atom. The lowest BCUT2D eigenvalue weighted by Crippen LogP contribution is -2.59. The monoisotopic (exact) mass is 757 g/mol. The van der Waals surface area contributed by atoms with Crippen LogP contribution >= 0.6 is 0 Å². The molecule has 1 N–H and O–H groups in total. The molecule has 5 aromatic rings. The maximum atomic E-state index is 17.3. The number of fused-ring (bicyclic) bond motifs is 1. The molecule has 0 aromatic heterocycles. The summed E-state index contributed by atoms with van der Waals surface area (Å²) in [6.07, 6.45) is 3.80. The Hall–Kier alpha value is -5.78. The molecule has 7 rings (SSSR count). The van der Waals surface area contributed by atoms with Crippen molar-refractivity contribution in [2.45, 2.75) is 16.7 Å². The first-order chi connectivity index (χ1) is 27.0. The van der Waals surface area contributed by atoms with Crippen molar-refractivity contribution in [1.82, 2.24) is 5.32 Å². The molecule has 1 heterocycles. The molecule has 0 spiro atoms. The zero-order valence-electron chi connectivity index (χ0n) is 32.6. The Balaban J connectivity index is 1.71. The maximum absolute atomic E-state index is 17.3. The van der Waals surface area contributed by atoms with E-state index in [1.165, 1.54) is 27.4 Å². The van der Waals surface area contributed by atoms with E-state index >= 15 is 4.39 Å². The van der Waals surface area contributed by atoms with Gasteiger partial charge in [-0.2, -0.15) is 0 Å². The molecule has 2 aliphatic rings. The summed E-state index contributed by atoms with van der Waals surface area (Å²) >= 11 is 0. The molecule has 1 fully saturated rings. The van der Waals surface area contributed by atoms with Gasteiger partial charge >= 0.3 is 5.91 Å². The number of carbonyl (C=O) groups is 1. The van der Waals surface area contributed by atoms with Crippen LogP contribution in [0.4, 0.5) is 4.39 Å². The van der Waals surface area contributed by atoms with Crippen molar-refractivity contribution >= 4 is 5.91 Å². The molecule has 5 aromatic carbocycles. The highest BCUT2D eigenvalue weighted by Crippen LogP contribution is 2.59. The number of benzene rings is 5. The van der Waals surface area contributed by atoms with Crippen LogP contribution in [0.5, 0.6) is 28.7 Å². The molecule has 56 heavy (non-hydrogen) atoms. The highest BCUT2D eigenvalue weighted by molar-refractivity contribution is 5.77. The zero-order chi connectivity index (χ0) is 39.7. The van der Waals surface area contributed by atoms with Gasteiger partial charge in [-0.3, -0.25) is 5.32 Å². The Bertz CT molecular complexity index is 2240. The summed E-state index contributed by atoms with van der Waals surface area (Å²) in [5.74, 6) is 0.0445. The summed E-state index contributed by atoms with van der Waals surface area (Å²) < 4.78 is 54.1. The van der Waals surface area contributed by atoms with Gasteiger partial charge in [0.25, 0.3) is 0 Å². The fourth-order valence-electron chi connectivity index (χ4n) is 8.25. The maximum Gasteiger partial charge on any atom is 0.332 e. The van der Waals surface area contributed by atoms with Crippen LogP contribution in [-0.2, 0) is 25.2 Å². The molecular weight excluding hydrogens is 712 g/mol. The van der Waals surface area contributed by atoms with E-state index in [1.807, 2.05) is 129 Å². The van der Waals surface area contributed by atoms with Crippen molar-refractivity contribution < 1.29 is 42.1 Å². The lowest BCUT2D eigenvalue weighted by Gasteiger charge is -2.51. The van der Waals surface area contributed by atoms with Crippen LogP contribution in [0.15, 0.2) is 145 Å². The predicted molar refractivity (Wildman–Crippen MR) is 211 cm³/mol. The van der Waals surface area contributed by atoms with E-state index in [0.29, 0.717) is 39.8 Å². The molecule has 1 aliphatic carbocycles. The fourth-order valence-corrected chi connectivity index (χ4v) is 8.25. The first-order valence-electron chi connectivity index (χ1n) is 18.2. The normalized spacial score (nSPS) is 19.5. The molecule has 288 valence electrons. The molecule has 9 nitrogen and oxygen atoms in total. The smallest absolute Gasteiger partial charge is 0.332 e. The summed E-state index contributed by atoms with van der Waals surface area (Å²) in [6, 6.07) is 36.9. The lowest BCUT2D eigenvalue weighted by atomic mass is 9.60. The van der Waals surface area contributed by atoms with Crippen molar-refractivity contribution in [2.75, 3.05) is 56.2 Å². The lowest BCUT2D eigenvalue weighted by molar-refractivity contribution is -0.771. The number of amides is 1. The Morgan fingerprint density at radius 3 is 1.77 bits per heavy atom. The van der Waals surface area contributed by atoms with Crippen molar-refractivity contribution in [2.24, 2.45) is 0 Å².